The molecular weight excluding hydrogens is 394 g/mol. The first-order valence-corrected chi connectivity index (χ1v) is 11.3. The summed E-state index contributed by atoms with van der Waals surface area (Å²) in [4.78, 5) is 21.3. The van der Waals surface area contributed by atoms with Crippen molar-refractivity contribution in [3.05, 3.63) is 29.7 Å². The van der Waals surface area contributed by atoms with Gasteiger partial charge in [-0.1, -0.05) is 6.42 Å². The maximum absolute atomic E-state index is 12.0. The molecule has 4 rings (SSSR count). The van der Waals surface area contributed by atoms with Crippen molar-refractivity contribution in [1.82, 2.24) is 14.8 Å². The molecule has 2 fully saturated rings. The number of piperidine rings is 1. The second kappa shape index (κ2) is 9.73. The smallest absolute Gasteiger partial charge is 0.230 e. The van der Waals surface area contributed by atoms with E-state index in [2.05, 4.69) is 4.90 Å². The van der Waals surface area contributed by atoms with E-state index in [0.29, 0.717) is 30.0 Å². The summed E-state index contributed by atoms with van der Waals surface area (Å²) in [5, 5.41) is 0. The van der Waals surface area contributed by atoms with Crippen molar-refractivity contribution < 1.29 is 18.7 Å². The second-order valence-corrected chi connectivity index (χ2v) is 8.48. The summed E-state index contributed by atoms with van der Waals surface area (Å²) >= 11 is 0. The number of methoxy groups -OCH3 is 2. The number of carbonyl (C=O) groups excluding carboxylic acids is 1. The van der Waals surface area contributed by atoms with Crippen molar-refractivity contribution >= 4 is 5.91 Å². The van der Waals surface area contributed by atoms with E-state index in [1.807, 2.05) is 30.0 Å². The van der Waals surface area contributed by atoms with E-state index in [9.17, 15) is 4.79 Å². The predicted octanol–water partition coefficient (Wildman–Crippen LogP) is 4.03. The van der Waals surface area contributed by atoms with Gasteiger partial charge < -0.3 is 18.8 Å². The lowest BCUT2D eigenvalue weighted by Crippen LogP contribution is -2.41. The molecule has 2 aliphatic rings. The number of aryl methyl sites for hydroxylation is 1. The molecule has 1 aromatic carbocycles. The van der Waals surface area contributed by atoms with Crippen molar-refractivity contribution in [2.45, 2.75) is 58.0 Å². The molecule has 2 saturated heterocycles. The third kappa shape index (κ3) is 4.87. The van der Waals surface area contributed by atoms with Gasteiger partial charge >= 0.3 is 0 Å². The van der Waals surface area contributed by atoms with Gasteiger partial charge in [0.1, 0.15) is 17.3 Å². The predicted molar refractivity (Wildman–Crippen MR) is 118 cm³/mol. The minimum Gasteiger partial charge on any atom is -0.497 e. The lowest BCUT2D eigenvalue weighted by molar-refractivity contribution is -0.127. The SMILES string of the molecule is COc1ccc(-c2nc(CN3CCCC[C@@H]3CCN3CCCC3=O)c(C)o2)c(OC)c1. The van der Waals surface area contributed by atoms with Crippen molar-refractivity contribution in [2.75, 3.05) is 33.9 Å². The van der Waals surface area contributed by atoms with Crippen LogP contribution in [0.5, 0.6) is 11.5 Å². The molecule has 168 valence electrons. The number of rotatable bonds is 8. The Labute approximate surface area is 184 Å². The third-order valence-corrected chi connectivity index (χ3v) is 6.54. The number of nitrogens with zero attached hydrogens (tertiary/aromatic N) is 3. The van der Waals surface area contributed by atoms with Crippen LogP contribution in [0, 0.1) is 6.92 Å². The maximum atomic E-state index is 12.0. The number of hydrogen-bond acceptors (Lipinski definition) is 6. The van der Waals surface area contributed by atoms with Gasteiger partial charge in [0.15, 0.2) is 0 Å². The van der Waals surface area contributed by atoms with Gasteiger partial charge in [0.25, 0.3) is 0 Å². The summed E-state index contributed by atoms with van der Waals surface area (Å²) in [5.74, 6) is 3.14. The van der Waals surface area contributed by atoms with E-state index < -0.39 is 0 Å². The Morgan fingerprint density at radius 3 is 2.77 bits per heavy atom. The van der Waals surface area contributed by atoms with E-state index in [1.165, 1.54) is 19.3 Å². The van der Waals surface area contributed by atoms with Gasteiger partial charge in [0, 0.05) is 38.2 Å². The quantitative estimate of drug-likeness (QED) is 0.634. The normalized spacial score (nSPS) is 19.8. The fourth-order valence-electron chi connectivity index (χ4n) is 4.70. The van der Waals surface area contributed by atoms with Crippen molar-refractivity contribution in [3.8, 4) is 23.0 Å². The fraction of sp³-hybridized carbons (Fsp3) is 0.583. The summed E-state index contributed by atoms with van der Waals surface area (Å²) < 4.78 is 16.9. The molecule has 2 aliphatic heterocycles. The number of ether oxygens (including phenoxy) is 2. The van der Waals surface area contributed by atoms with Crippen molar-refractivity contribution in [1.29, 1.82) is 0 Å². The number of likely N-dealkylation sites (tertiary alicyclic amines) is 2. The molecule has 1 aromatic heterocycles. The number of oxazole rings is 1. The van der Waals surface area contributed by atoms with Crippen LogP contribution < -0.4 is 9.47 Å². The second-order valence-electron chi connectivity index (χ2n) is 8.48. The van der Waals surface area contributed by atoms with Crippen molar-refractivity contribution in [2.24, 2.45) is 0 Å². The van der Waals surface area contributed by atoms with Gasteiger partial charge in [-0.05, 0) is 51.3 Å². The highest BCUT2D eigenvalue weighted by molar-refractivity contribution is 5.78. The lowest BCUT2D eigenvalue weighted by Gasteiger charge is -2.36. The van der Waals surface area contributed by atoms with Crippen LogP contribution in [0.1, 0.15) is 50.0 Å². The molecule has 0 unspecified atom stereocenters. The Morgan fingerprint density at radius 1 is 1.16 bits per heavy atom. The van der Waals surface area contributed by atoms with E-state index in [-0.39, 0.29) is 0 Å². The zero-order valence-corrected chi connectivity index (χ0v) is 18.9. The molecule has 0 radical (unpaired) electrons. The molecule has 0 aliphatic carbocycles. The Kier molecular flexibility index (Phi) is 6.80. The number of benzene rings is 1. The number of carbonyl (C=O) groups is 1. The van der Waals surface area contributed by atoms with E-state index in [0.717, 1.165) is 61.8 Å². The number of hydrogen-bond donors (Lipinski definition) is 0. The minimum atomic E-state index is 0.313. The molecule has 31 heavy (non-hydrogen) atoms. The average Bonchev–Trinajstić information content (AvgIpc) is 3.37. The molecule has 1 amide bonds. The fourth-order valence-corrected chi connectivity index (χ4v) is 4.70. The summed E-state index contributed by atoms with van der Waals surface area (Å²) in [6, 6.07) is 6.13. The summed E-state index contributed by atoms with van der Waals surface area (Å²) in [7, 11) is 3.27. The standard InChI is InChI=1S/C24H33N3O4/c1-17-21(25-24(31-17)20-10-9-19(29-2)15-22(20)30-3)16-27-12-5-4-7-18(27)11-14-26-13-6-8-23(26)28/h9-10,15,18H,4-8,11-14,16H2,1-3H3/t18-/m1/s1. The third-order valence-electron chi connectivity index (χ3n) is 6.54. The van der Waals surface area contributed by atoms with Crippen LogP contribution in [0.3, 0.4) is 0 Å². The van der Waals surface area contributed by atoms with Crippen LogP contribution >= 0.6 is 0 Å². The van der Waals surface area contributed by atoms with Gasteiger partial charge in [-0.15, -0.1) is 0 Å². The zero-order chi connectivity index (χ0) is 21.8. The monoisotopic (exact) mass is 427 g/mol. The molecule has 0 spiro atoms. The Hall–Kier alpha value is -2.54. The van der Waals surface area contributed by atoms with E-state index in [4.69, 9.17) is 18.9 Å². The zero-order valence-electron chi connectivity index (χ0n) is 18.9. The molecule has 3 heterocycles. The van der Waals surface area contributed by atoms with E-state index in [1.54, 1.807) is 14.2 Å². The van der Waals surface area contributed by atoms with Crippen LogP contribution in [0.15, 0.2) is 22.6 Å². The first-order chi connectivity index (χ1) is 15.1. The minimum absolute atomic E-state index is 0.313. The van der Waals surface area contributed by atoms with Crippen LogP contribution in [0.2, 0.25) is 0 Å². The molecule has 0 saturated carbocycles. The summed E-state index contributed by atoms with van der Waals surface area (Å²) in [6.45, 7) is 5.59. The maximum Gasteiger partial charge on any atom is 0.230 e. The first-order valence-electron chi connectivity index (χ1n) is 11.3. The molecule has 2 aromatic rings. The lowest BCUT2D eigenvalue weighted by atomic mass is 9.98. The Bertz CT molecular complexity index is 910. The summed E-state index contributed by atoms with van der Waals surface area (Å²) in [5.41, 5.74) is 1.79. The van der Waals surface area contributed by atoms with Crippen molar-refractivity contribution in [3.63, 3.8) is 0 Å². The summed E-state index contributed by atoms with van der Waals surface area (Å²) in [6.07, 6.45) is 6.38. The highest BCUT2D eigenvalue weighted by Crippen LogP contribution is 2.34. The number of amides is 1. The van der Waals surface area contributed by atoms with Gasteiger partial charge in [-0.2, -0.15) is 0 Å². The topological polar surface area (TPSA) is 68.0 Å². The van der Waals surface area contributed by atoms with Crippen LogP contribution in [0.25, 0.3) is 11.5 Å². The van der Waals surface area contributed by atoms with Crippen LogP contribution in [-0.2, 0) is 11.3 Å². The first kappa shape index (κ1) is 21.7. The van der Waals surface area contributed by atoms with Crippen LogP contribution in [0.4, 0.5) is 0 Å². The van der Waals surface area contributed by atoms with Gasteiger partial charge in [0.2, 0.25) is 11.8 Å². The van der Waals surface area contributed by atoms with Gasteiger partial charge in [0.05, 0.1) is 25.5 Å². The Morgan fingerprint density at radius 2 is 2.03 bits per heavy atom. The molecule has 0 bridgehead atoms. The molecule has 7 heteroatoms. The van der Waals surface area contributed by atoms with Gasteiger partial charge in [-0.25, -0.2) is 4.98 Å². The van der Waals surface area contributed by atoms with E-state index >= 15 is 0 Å². The number of aromatic nitrogens is 1. The van der Waals surface area contributed by atoms with Crippen LogP contribution in [-0.4, -0.2) is 60.6 Å². The molecule has 7 nitrogen and oxygen atoms in total. The molecule has 0 N–H and O–H groups in total. The Balaban J connectivity index is 1.47. The molecule has 1 atom stereocenters. The highest BCUT2D eigenvalue weighted by atomic mass is 16.5. The average molecular weight is 428 g/mol. The largest absolute Gasteiger partial charge is 0.497 e. The molecular formula is C24H33N3O4. The van der Waals surface area contributed by atoms with Gasteiger partial charge in [-0.3, -0.25) is 9.69 Å². The highest BCUT2D eigenvalue weighted by Gasteiger charge is 2.27.